The van der Waals surface area contributed by atoms with Crippen molar-refractivity contribution in [1.82, 2.24) is 5.32 Å². The van der Waals surface area contributed by atoms with Gasteiger partial charge in [0, 0.05) is 23.1 Å². The van der Waals surface area contributed by atoms with Crippen LogP contribution in [0.5, 0.6) is 0 Å². The number of rotatable bonds is 6. The Morgan fingerprint density at radius 1 is 1.28 bits per heavy atom. The third-order valence-corrected chi connectivity index (χ3v) is 4.39. The van der Waals surface area contributed by atoms with Crippen molar-refractivity contribution in [3.05, 3.63) is 53.4 Å². The summed E-state index contributed by atoms with van der Waals surface area (Å²) < 4.78 is 5.37. The van der Waals surface area contributed by atoms with E-state index in [0.717, 1.165) is 27.9 Å². The molecule has 1 atom stereocenters. The van der Waals surface area contributed by atoms with E-state index in [1.165, 1.54) is 0 Å². The molecule has 0 spiro atoms. The van der Waals surface area contributed by atoms with E-state index in [0.29, 0.717) is 6.04 Å². The molecule has 2 aromatic rings. The molecule has 1 aromatic heterocycles. The molecule has 4 heteroatoms. The zero-order valence-electron chi connectivity index (χ0n) is 10.2. The quantitative estimate of drug-likeness (QED) is 0.814. The first-order valence-electron chi connectivity index (χ1n) is 5.86. The van der Waals surface area contributed by atoms with Crippen molar-refractivity contribution in [2.75, 3.05) is 12.8 Å². The lowest BCUT2D eigenvalue weighted by Crippen LogP contribution is -2.29. The van der Waals surface area contributed by atoms with Crippen molar-refractivity contribution in [1.29, 1.82) is 0 Å². The summed E-state index contributed by atoms with van der Waals surface area (Å²) in [5.74, 6) is 1.97. The van der Waals surface area contributed by atoms with Crippen molar-refractivity contribution in [3.8, 4) is 0 Å². The van der Waals surface area contributed by atoms with E-state index in [1.54, 1.807) is 18.0 Å². The zero-order chi connectivity index (χ0) is 12.8. The maximum Gasteiger partial charge on any atom is 0.105 e. The fourth-order valence-electron chi connectivity index (χ4n) is 1.67. The Bertz CT molecular complexity index is 472. The van der Waals surface area contributed by atoms with Gasteiger partial charge in [0.15, 0.2) is 0 Å². The van der Waals surface area contributed by atoms with Gasteiger partial charge in [-0.2, -0.15) is 0 Å². The van der Waals surface area contributed by atoms with Gasteiger partial charge in [-0.05, 0) is 31.3 Å². The van der Waals surface area contributed by atoms with Crippen LogP contribution in [0.15, 0.2) is 52.0 Å². The van der Waals surface area contributed by atoms with Crippen LogP contribution < -0.4 is 5.32 Å². The van der Waals surface area contributed by atoms with Gasteiger partial charge < -0.3 is 9.73 Å². The summed E-state index contributed by atoms with van der Waals surface area (Å²) in [6, 6.07) is 12.2. The van der Waals surface area contributed by atoms with Gasteiger partial charge in [0.2, 0.25) is 0 Å². The fourth-order valence-corrected chi connectivity index (χ4v) is 3.01. The molecule has 0 saturated heterocycles. The third kappa shape index (κ3) is 3.80. The molecule has 1 N–H and O–H groups in total. The van der Waals surface area contributed by atoms with Crippen molar-refractivity contribution in [2.45, 2.75) is 17.4 Å². The van der Waals surface area contributed by atoms with Gasteiger partial charge in [0.1, 0.15) is 5.76 Å². The van der Waals surface area contributed by atoms with Crippen LogP contribution in [0.2, 0.25) is 5.02 Å². The normalized spacial score (nSPS) is 12.6. The zero-order valence-corrected chi connectivity index (χ0v) is 11.8. The SMILES string of the molecule is CNC(CSc1ccccc1Cl)Cc1ccco1. The number of hydrogen-bond donors (Lipinski definition) is 1. The molecule has 0 aliphatic rings. The van der Waals surface area contributed by atoms with E-state index in [-0.39, 0.29) is 0 Å². The van der Waals surface area contributed by atoms with Crippen molar-refractivity contribution >= 4 is 23.4 Å². The Morgan fingerprint density at radius 3 is 2.78 bits per heavy atom. The largest absolute Gasteiger partial charge is 0.469 e. The minimum Gasteiger partial charge on any atom is -0.469 e. The number of likely N-dealkylation sites (N-methyl/N-ethyl adjacent to an activating group) is 1. The molecular formula is C14H16ClNOS. The Balaban J connectivity index is 1.89. The highest BCUT2D eigenvalue weighted by Gasteiger charge is 2.10. The van der Waals surface area contributed by atoms with Gasteiger partial charge in [0.25, 0.3) is 0 Å². The summed E-state index contributed by atoms with van der Waals surface area (Å²) >= 11 is 7.90. The molecule has 1 unspecified atom stereocenters. The smallest absolute Gasteiger partial charge is 0.105 e. The Morgan fingerprint density at radius 2 is 2.11 bits per heavy atom. The topological polar surface area (TPSA) is 25.2 Å². The summed E-state index contributed by atoms with van der Waals surface area (Å²) in [7, 11) is 1.97. The van der Waals surface area contributed by atoms with Gasteiger partial charge in [-0.15, -0.1) is 11.8 Å². The average molecular weight is 282 g/mol. The number of benzene rings is 1. The molecule has 0 aliphatic heterocycles. The van der Waals surface area contributed by atoms with E-state index < -0.39 is 0 Å². The van der Waals surface area contributed by atoms with Crippen LogP contribution in [0.4, 0.5) is 0 Å². The molecule has 2 nitrogen and oxygen atoms in total. The third-order valence-electron chi connectivity index (χ3n) is 2.71. The monoisotopic (exact) mass is 281 g/mol. The number of nitrogens with one attached hydrogen (secondary N) is 1. The molecular weight excluding hydrogens is 266 g/mol. The number of thioether (sulfide) groups is 1. The van der Waals surface area contributed by atoms with Gasteiger partial charge in [-0.3, -0.25) is 0 Å². The van der Waals surface area contributed by atoms with Gasteiger partial charge in [0.05, 0.1) is 11.3 Å². The van der Waals surface area contributed by atoms with Crippen LogP contribution in [-0.4, -0.2) is 18.8 Å². The summed E-state index contributed by atoms with van der Waals surface area (Å²) in [6.07, 6.45) is 2.60. The number of furan rings is 1. The molecule has 96 valence electrons. The van der Waals surface area contributed by atoms with E-state index >= 15 is 0 Å². The number of hydrogen-bond acceptors (Lipinski definition) is 3. The minimum atomic E-state index is 0.373. The summed E-state index contributed by atoms with van der Waals surface area (Å²) in [5.41, 5.74) is 0. The van der Waals surface area contributed by atoms with Crippen LogP contribution in [0.3, 0.4) is 0 Å². The molecule has 0 radical (unpaired) electrons. The van der Waals surface area contributed by atoms with Crippen LogP contribution in [-0.2, 0) is 6.42 Å². The molecule has 0 saturated carbocycles. The second-order valence-corrected chi connectivity index (χ2v) is 5.48. The maximum atomic E-state index is 6.13. The maximum absolute atomic E-state index is 6.13. The van der Waals surface area contributed by atoms with Crippen LogP contribution >= 0.6 is 23.4 Å². The highest BCUT2D eigenvalue weighted by molar-refractivity contribution is 7.99. The Hall–Kier alpha value is -0.900. The Kier molecular flexibility index (Phi) is 5.17. The van der Waals surface area contributed by atoms with Gasteiger partial charge >= 0.3 is 0 Å². The first-order chi connectivity index (χ1) is 8.79. The van der Waals surface area contributed by atoms with Crippen LogP contribution in [0.25, 0.3) is 0 Å². The molecule has 2 rings (SSSR count). The van der Waals surface area contributed by atoms with E-state index in [4.69, 9.17) is 16.0 Å². The van der Waals surface area contributed by atoms with E-state index in [9.17, 15) is 0 Å². The predicted octanol–water partition coefficient (Wildman–Crippen LogP) is 3.86. The lowest BCUT2D eigenvalue weighted by Gasteiger charge is -2.14. The van der Waals surface area contributed by atoms with Crippen LogP contribution in [0, 0.1) is 0 Å². The van der Waals surface area contributed by atoms with Crippen molar-refractivity contribution in [3.63, 3.8) is 0 Å². The molecule has 0 aliphatic carbocycles. The van der Waals surface area contributed by atoms with Crippen molar-refractivity contribution in [2.24, 2.45) is 0 Å². The molecule has 0 amide bonds. The lowest BCUT2D eigenvalue weighted by atomic mass is 10.2. The minimum absolute atomic E-state index is 0.373. The summed E-state index contributed by atoms with van der Waals surface area (Å²) in [4.78, 5) is 1.12. The lowest BCUT2D eigenvalue weighted by molar-refractivity contribution is 0.474. The standard InChI is InChI=1S/C14H16ClNOS/c1-16-11(9-12-5-4-8-17-12)10-18-14-7-3-2-6-13(14)15/h2-8,11,16H,9-10H2,1H3. The second kappa shape index (κ2) is 6.88. The van der Waals surface area contributed by atoms with Crippen molar-refractivity contribution < 1.29 is 4.42 Å². The highest BCUT2D eigenvalue weighted by Crippen LogP contribution is 2.27. The summed E-state index contributed by atoms with van der Waals surface area (Å²) in [6.45, 7) is 0. The Labute approximate surface area is 117 Å². The summed E-state index contributed by atoms with van der Waals surface area (Å²) in [5, 5.41) is 4.12. The molecule has 18 heavy (non-hydrogen) atoms. The number of halogens is 1. The first-order valence-corrected chi connectivity index (χ1v) is 7.23. The first kappa shape index (κ1) is 13.5. The second-order valence-electron chi connectivity index (χ2n) is 4.01. The van der Waals surface area contributed by atoms with Crippen LogP contribution in [0.1, 0.15) is 5.76 Å². The molecule has 0 bridgehead atoms. The van der Waals surface area contributed by atoms with E-state index in [1.807, 2.05) is 43.4 Å². The fraction of sp³-hybridized carbons (Fsp3) is 0.286. The average Bonchev–Trinajstić information content (AvgIpc) is 2.89. The predicted molar refractivity (Wildman–Crippen MR) is 77.4 cm³/mol. The highest BCUT2D eigenvalue weighted by atomic mass is 35.5. The van der Waals surface area contributed by atoms with E-state index in [2.05, 4.69) is 5.32 Å². The van der Waals surface area contributed by atoms with Gasteiger partial charge in [-0.25, -0.2) is 0 Å². The van der Waals surface area contributed by atoms with Gasteiger partial charge in [-0.1, -0.05) is 23.7 Å². The molecule has 1 aromatic carbocycles. The molecule has 0 fully saturated rings. The molecule has 1 heterocycles.